The highest BCUT2D eigenvalue weighted by Gasteiger charge is 1.98. The Morgan fingerprint density at radius 2 is 1.21 bits per heavy atom. The Morgan fingerprint density at radius 3 is 1.83 bits per heavy atom. The maximum atomic E-state index is 4.35. The van der Waals surface area contributed by atoms with E-state index in [0.717, 1.165) is 28.3 Å². The molecule has 0 saturated carbocycles. The summed E-state index contributed by atoms with van der Waals surface area (Å²) in [5.74, 6) is 0. The van der Waals surface area contributed by atoms with Crippen LogP contribution >= 0.6 is 0 Å². The van der Waals surface area contributed by atoms with Crippen molar-refractivity contribution in [1.29, 1.82) is 0 Å². The molecule has 0 amide bonds. The number of azo groups is 1. The van der Waals surface area contributed by atoms with Crippen molar-refractivity contribution in [2.75, 3.05) is 5.32 Å². The van der Waals surface area contributed by atoms with Gasteiger partial charge in [-0.3, -0.25) is 0 Å². The van der Waals surface area contributed by atoms with Gasteiger partial charge in [0.2, 0.25) is 0 Å². The summed E-state index contributed by atoms with van der Waals surface area (Å²) in [6, 6.07) is 22.4. The molecule has 0 radical (unpaired) electrons. The third-order valence-corrected chi connectivity index (χ3v) is 3.83. The highest BCUT2D eigenvalue weighted by molar-refractivity contribution is 5.61. The normalized spacial score (nSPS) is 11.0. The molecule has 3 heteroatoms. The molecule has 0 aliphatic rings. The molecule has 0 unspecified atom stereocenters. The fourth-order valence-electron chi connectivity index (χ4n) is 2.44. The Hall–Kier alpha value is -2.94. The lowest BCUT2D eigenvalue weighted by molar-refractivity contribution is 1.20. The second-order valence-corrected chi connectivity index (χ2v) is 6.03. The highest BCUT2D eigenvalue weighted by atomic mass is 15.1. The van der Waals surface area contributed by atoms with Gasteiger partial charge in [-0.2, -0.15) is 10.2 Å². The third kappa shape index (κ3) is 4.07. The Kier molecular flexibility index (Phi) is 4.71. The quantitative estimate of drug-likeness (QED) is 0.530. The van der Waals surface area contributed by atoms with Crippen molar-refractivity contribution in [3.05, 3.63) is 83.4 Å². The molecule has 0 spiro atoms. The molecule has 0 aliphatic carbocycles. The topological polar surface area (TPSA) is 36.8 Å². The first kappa shape index (κ1) is 15.9. The molecule has 0 aromatic heterocycles. The predicted molar refractivity (Wildman–Crippen MR) is 101 cm³/mol. The lowest BCUT2D eigenvalue weighted by Crippen LogP contribution is -1.89. The smallest absolute Gasteiger partial charge is 0.0886 e. The van der Waals surface area contributed by atoms with Gasteiger partial charge in [0.25, 0.3) is 0 Å². The molecule has 3 nitrogen and oxygen atoms in total. The third-order valence-electron chi connectivity index (χ3n) is 3.83. The van der Waals surface area contributed by atoms with Crippen LogP contribution in [0.25, 0.3) is 0 Å². The molecular weight excluding hydrogens is 294 g/mol. The van der Waals surface area contributed by atoms with E-state index < -0.39 is 0 Å². The predicted octanol–water partition coefficient (Wildman–Crippen LogP) is 6.77. The summed E-state index contributed by atoms with van der Waals surface area (Å²) >= 11 is 0. The van der Waals surface area contributed by atoms with Gasteiger partial charge >= 0.3 is 0 Å². The first-order valence-electron chi connectivity index (χ1n) is 8.03. The fraction of sp³-hybridized carbons (Fsp3) is 0.143. The molecule has 3 rings (SSSR count). The second-order valence-electron chi connectivity index (χ2n) is 6.03. The molecule has 24 heavy (non-hydrogen) atoms. The van der Waals surface area contributed by atoms with Crippen molar-refractivity contribution in [1.82, 2.24) is 0 Å². The Morgan fingerprint density at radius 1 is 0.625 bits per heavy atom. The van der Waals surface area contributed by atoms with Gasteiger partial charge < -0.3 is 5.32 Å². The van der Waals surface area contributed by atoms with Crippen LogP contribution in [0, 0.1) is 20.8 Å². The molecule has 0 fully saturated rings. The summed E-state index contributed by atoms with van der Waals surface area (Å²) in [5.41, 5.74) is 7.47. The van der Waals surface area contributed by atoms with Crippen LogP contribution in [0.4, 0.5) is 22.7 Å². The number of rotatable bonds is 4. The largest absolute Gasteiger partial charge is 0.356 e. The Labute approximate surface area is 143 Å². The molecule has 0 atom stereocenters. The van der Waals surface area contributed by atoms with E-state index in [4.69, 9.17) is 0 Å². The van der Waals surface area contributed by atoms with E-state index in [2.05, 4.69) is 72.7 Å². The molecule has 3 aromatic carbocycles. The van der Waals surface area contributed by atoms with Crippen LogP contribution in [0.1, 0.15) is 16.7 Å². The molecule has 3 aromatic rings. The summed E-state index contributed by atoms with van der Waals surface area (Å²) in [5, 5.41) is 12.0. The minimum atomic E-state index is 0.837. The number of hydrogen-bond acceptors (Lipinski definition) is 3. The van der Waals surface area contributed by atoms with Gasteiger partial charge in [0.15, 0.2) is 0 Å². The van der Waals surface area contributed by atoms with Gasteiger partial charge in [0.05, 0.1) is 11.4 Å². The van der Waals surface area contributed by atoms with Crippen LogP contribution < -0.4 is 5.32 Å². The summed E-state index contributed by atoms with van der Waals surface area (Å²) in [7, 11) is 0. The molecule has 0 bridgehead atoms. The van der Waals surface area contributed by atoms with E-state index in [1.54, 1.807) is 0 Å². The van der Waals surface area contributed by atoms with Crippen molar-refractivity contribution in [2.45, 2.75) is 20.8 Å². The number of aryl methyl sites for hydroxylation is 3. The Bertz CT molecular complexity index is 847. The van der Waals surface area contributed by atoms with Crippen molar-refractivity contribution in [2.24, 2.45) is 10.2 Å². The average Bonchev–Trinajstić information content (AvgIpc) is 2.57. The molecular formula is C21H21N3. The standard InChI is InChI=1S/C21H21N3/c1-15-4-7-18(8-5-15)22-19-9-11-20(12-10-19)23-24-21-13-6-16(2)14-17(21)3/h4-14,22H,1-3H3. The summed E-state index contributed by atoms with van der Waals surface area (Å²) in [4.78, 5) is 0. The molecule has 0 saturated heterocycles. The number of anilines is 2. The first-order chi connectivity index (χ1) is 11.6. The zero-order valence-electron chi connectivity index (χ0n) is 14.2. The molecule has 1 N–H and O–H groups in total. The van der Waals surface area contributed by atoms with Gasteiger partial charge in [0, 0.05) is 11.4 Å². The van der Waals surface area contributed by atoms with E-state index in [9.17, 15) is 0 Å². The SMILES string of the molecule is Cc1ccc(Nc2ccc(N=Nc3ccc(C)cc3C)cc2)cc1. The van der Waals surface area contributed by atoms with Gasteiger partial charge in [0.1, 0.15) is 0 Å². The highest BCUT2D eigenvalue weighted by Crippen LogP contribution is 2.24. The molecule has 0 aliphatic heterocycles. The fourth-order valence-corrected chi connectivity index (χ4v) is 2.44. The minimum Gasteiger partial charge on any atom is -0.356 e. The van der Waals surface area contributed by atoms with E-state index in [-0.39, 0.29) is 0 Å². The summed E-state index contributed by atoms with van der Waals surface area (Å²) < 4.78 is 0. The Balaban J connectivity index is 1.70. The van der Waals surface area contributed by atoms with Gasteiger partial charge in [-0.25, -0.2) is 0 Å². The first-order valence-corrected chi connectivity index (χ1v) is 8.03. The minimum absolute atomic E-state index is 0.837. The number of nitrogens with zero attached hydrogens (tertiary/aromatic N) is 2. The second kappa shape index (κ2) is 7.09. The van der Waals surface area contributed by atoms with Crippen LogP contribution in [0.3, 0.4) is 0 Å². The molecule has 0 heterocycles. The maximum absolute atomic E-state index is 4.35. The monoisotopic (exact) mass is 315 g/mol. The van der Waals surface area contributed by atoms with Gasteiger partial charge in [-0.05, 0) is 68.8 Å². The maximum Gasteiger partial charge on any atom is 0.0886 e. The summed E-state index contributed by atoms with van der Waals surface area (Å²) in [6.45, 7) is 6.21. The lowest BCUT2D eigenvalue weighted by atomic mass is 10.1. The zero-order valence-corrected chi connectivity index (χ0v) is 14.2. The number of benzene rings is 3. The van der Waals surface area contributed by atoms with Crippen LogP contribution in [0.15, 0.2) is 77.0 Å². The van der Waals surface area contributed by atoms with Gasteiger partial charge in [-0.15, -0.1) is 0 Å². The summed E-state index contributed by atoms with van der Waals surface area (Å²) in [6.07, 6.45) is 0. The lowest BCUT2D eigenvalue weighted by Gasteiger charge is -2.06. The average molecular weight is 315 g/mol. The van der Waals surface area contributed by atoms with Crippen molar-refractivity contribution in [3.63, 3.8) is 0 Å². The van der Waals surface area contributed by atoms with E-state index in [1.165, 1.54) is 11.1 Å². The zero-order chi connectivity index (χ0) is 16.9. The van der Waals surface area contributed by atoms with Crippen LogP contribution in [0.2, 0.25) is 0 Å². The molecule has 120 valence electrons. The van der Waals surface area contributed by atoms with Crippen LogP contribution in [-0.4, -0.2) is 0 Å². The van der Waals surface area contributed by atoms with Crippen LogP contribution in [-0.2, 0) is 0 Å². The number of nitrogens with one attached hydrogen (secondary N) is 1. The van der Waals surface area contributed by atoms with Crippen LogP contribution in [0.5, 0.6) is 0 Å². The van der Waals surface area contributed by atoms with Gasteiger partial charge in [-0.1, -0.05) is 35.4 Å². The van der Waals surface area contributed by atoms with E-state index >= 15 is 0 Å². The van der Waals surface area contributed by atoms with Crippen molar-refractivity contribution in [3.8, 4) is 0 Å². The van der Waals surface area contributed by atoms with E-state index in [0.29, 0.717) is 0 Å². The van der Waals surface area contributed by atoms with Crippen molar-refractivity contribution >= 4 is 22.7 Å². The van der Waals surface area contributed by atoms with Crippen molar-refractivity contribution < 1.29 is 0 Å². The number of hydrogen-bond donors (Lipinski definition) is 1. The van der Waals surface area contributed by atoms with E-state index in [1.807, 2.05) is 30.3 Å².